The number of carboxylic acid groups (broad SMARTS) is 2. The largest absolute Gasteiger partial charge is 0.478 e. The van der Waals surface area contributed by atoms with Gasteiger partial charge in [0, 0.05) is 19.5 Å². The number of halogens is 6. The minimum absolute atomic E-state index is 0.0218. The number of hydrogen-bond donors (Lipinski definition) is 2. The summed E-state index contributed by atoms with van der Waals surface area (Å²) in [7, 11) is 0. The summed E-state index contributed by atoms with van der Waals surface area (Å²) in [6.07, 6.45) is 0. The molecule has 0 aliphatic heterocycles. The first kappa shape index (κ1) is 23.3. The lowest BCUT2D eigenvalue weighted by molar-refractivity contribution is -0.254. The molecular weight excluding hydrogens is 470 g/mol. The lowest BCUT2D eigenvalue weighted by atomic mass is 9.98. The van der Waals surface area contributed by atoms with E-state index in [4.69, 9.17) is 0 Å². The van der Waals surface area contributed by atoms with E-state index in [0.29, 0.717) is 22.7 Å². The minimum atomic E-state index is -5.81. The van der Waals surface area contributed by atoms with Crippen molar-refractivity contribution >= 4 is 45.8 Å². The Morgan fingerprint density at radius 1 is 0.677 bits per heavy atom. The molecule has 0 amide bonds. The summed E-state index contributed by atoms with van der Waals surface area (Å²) in [5, 5.41) is 18.6. The Labute approximate surface area is 179 Å². The van der Waals surface area contributed by atoms with Crippen LogP contribution in [0.15, 0.2) is 0 Å². The van der Waals surface area contributed by atoms with Gasteiger partial charge in [0.25, 0.3) is 0 Å². The van der Waals surface area contributed by atoms with Crippen molar-refractivity contribution in [3.63, 3.8) is 0 Å². The Balaban J connectivity index is 2.52. The maximum Gasteiger partial charge on any atom is 0.380 e. The number of alkyl halides is 6. The molecule has 0 fully saturated rings. The van der Waals surface area contributed by atoms with E-state index < -0.39 is 61.7 Å². The van der Waals surface area contributed by atoms with Gasteiger partial charge in [-0.3, -0.25) is 0 Å². The summed E-state index contributed by atoms with van der Waals surface area (Å²) in [6.45, 7) is 4.65. The van der Waals surface area contributed by atoms with Crippen LogP contribution in [0, 0.1) is 27.7 Å². The van der Waals surface area contributed by atoms with Gasteiger partial charge in [-0.15, -0.1) is 22.7 Å². The standard InChI is InChI=1S/C19H14F6O4S2/c1-5-9(15(26)27)7(3)30-13(5)11-12(18(22,23)19(24,25)17(11,20)21)14-6(2)10(16(28)29)8(4)31-14/h1-4H3,(H,26,27)(H,28,29). The molecule has 0 unspecified atom stereocenters. The van der Waals surface area contributed by atoms with Crippen molar-refractivity contribution in [1.82, 2.24) is 0 Å². The molecule has 1 aliphatic rings. The molecule has 31 heavy (non-hydrogen) atoms. The fourth-order valence-electron chi connectivity index (χ4n) is 3.75. The van der Waals surface area contributed by atoms with Crippen molar-refractivity contribution in [3.8, 4) is 0 Å². The van der Waals surface area contributed by atoms with Gasteiger partial charge in [-0.05, 0) is 38.8 Å². The molecule has 3 rings (SSSR count). The molecule has 0 atom stereocenters. The van der Waals surface area contributed by atoms with Crippen LogP contribution in [0.3, 0.4) is 0 Å². The highest BCUT2D eigenvalue weighted by atomic mass is 32.1. The second kappa shape index (κ2) is 6.83. The van der Waals surface area contributed by atoms with E-state index in [1.165, 1.54) is 13.8 Å². The zero-order valence-electron chi connectivity index (χ0n) is 16.3. The molecule has 2 aromatic rings. The summed E-state index contributed by atoms with van der Waals surface area (Å²) in [4.78, 5) is 21.5. The Morgan fingerprint density at radius 3 is 1.19 bits per heavy atom. The lowest BCUT2D eigenvalue weighted by Gasteiger charge is -2.25. The van der Waals surface area contributed by atoms with Gasteiger partial charge in [0.2, 0.25) is 0 Å². The Hall–Kier alpha value is -2.34. The van der Waals surface area contributed by atoms with E-state index in [1.54, 1.807) is 0 Å². The molecule has 2 heterocycles. The van der Waals surface area contributed by atoms with Gasteiger partial charge in [0.15, 0.2) is 0 Å². The quantitative estimate of drug-likeness (QED) is 0.502. The topological polar surface area (TPSA) is 74.6 Å². The van der Waals surface area contributed by atoms with Crippen molar-refractivity contribution in [3.05, 3.63) is 41.8 Å². The lowest BCUT2D eigenvalue weighted by Crippen LogP contribution is -2.48. The predicted octanol–water partition coefficient (Wildman–Crippen LogP) is 6.27. The van der Waals surface area contributed by atoms with Crippen LogP contribution in [0.1, 0.15) is 51.4 Å². The summed E-state index contributed by atoms with van der Waals surface area (Å²) in [5.41, 5.74) is -4.93. The van der Waals surface area contributed by atoms with Gasteiger partial charge in [-0.2, -0.15) is 26.3 Å². The van der Waals surface area contributed by atoms with E-state index in [9.17, 15) is 46.1 Å². The van der Waals surface area contributed by atoms with Crippen LogP contribution in [0.2, 0.25) is 0 Å². The normalized spacial score (nSPS) is 19.2. The van der Waals surface area contributed by atoms with Crippen LogP contribution in [-0.2, 0) is 0 Å². The smallest absolute Gasteiger partial charge is 0.380 e. The van der Waals surface area contributed by atoms with E-state index >= 15 is 0 Å². The molecule has 0 radical (unpaired) electrons. The van der Waals surface area contributed by atoms with Gasteiger partial charge in [-0.1, -0.05) is 0 Å². The van der Waals surface area contributed by atoms with Crippen LogP contribution in [-0.4, -0.2) is 39.9 Å². The molecule has 0 saturated carbocycles. The SMILES string of the molecule is Cc1sc(C2=C(c3sc(C)c(C(=O)O)c3C)C(F)(F)C(F)(F)C2(F)F)c(C)c1C(=O)O. The highest BCUT2D eigenvalue weighted by Crippen LogP contribution is 2.66. The summed E-state index contributed by atoms with van der Waals surface area (Å²) < 4.78 is 88.3. The third-order valence-corrected chi connectivity index (χ3v) is 7.64. The molecule has 1 aliphatic carbocycles. The van der Waals surface area contributed by atoms with Crippen molar-refractivity contribution in [2.75, 3.05) is 0 Å². The third-order valence-electron chi connectivity index (χ3n) is 5.19. The second-order valence-electron chi connectivity index (χ2n) is 7.06. The van der Waals surface area contributed by atoms with Crippen molar-refractivity contribution in [2.45, 2.75) is 45.5 Å². The number of aromatic carboxylic acids is 2. The number of rotatable bonds is 4. The molecule has 12 heteroatoms. The van der Waals surface area contributed by atoms with Crippen molar-refractivity contribution in [2.24, 2.45) is 0 Å². The molecule has 0 bridgehead atoms. The monoisotopic (exact) mass is 484 g/mol. The van der Waals surface area contributed by atoms with Gasteiger partial charge in [0.1, 0.15) is 0 Å². The first-order valence-electron chi connectivity index (χ1n) is 8.56. The predicted molar refractivity (Wildman–Crippen MR) is 103 cm³/mol. The Morgan fingerprint density at radius 2 is 0.968 bits per heavy atom. The van der Waals surface area contributed by atoms with E-state index in [1.807, 2.05) is 0 Å². The number of carboxylic acids is 2. The zero-order valence-corrected chi connectivity index (χ0v) is 17.9. The van der Waals surface area contributed by atoms with Crippen LogP contribution in [0.4, 0.5) is 26.3 Å². The number of aryl methyl sites for hydroxylation is 2. The van der Waals surface area contributed by atoms with Crippen LogP contribution in [0.25, 0.3) is 11.1 Å². The van der Waals surface area contributed by atoms with E-state index in [0.717, 1.165) is 13.8 Å². The fourth-order valence-corrected chi connectivity index (χ4v) is 6.23. The van der Waals surface area contributed by atoms with Gasteiger partial charge < -0.3 is 10.2 Å². The fraction of sp³-hybridized carbons (Fsp3) is 0.368. The van der Waals surface area contributed by atoms with Crippen LogP contribution in [0.5, 0.6) is 0 Å². The van der Waals surface area contributed by atoms with E-state index in [-0.39, 0.29) is 20.9 Å². The molecule has 168 valence electrons. The van der Waals surface area contributed by atoms with Gasteiger partial charge in [-0.25, -0.2) is 9.59 Å². The average Bonchev–Trinajstić information content (AvgIpc) is 3.09. The van der Waals surface area contributed by atoms with Crippen LogP contribution < -0.4 is 0 Å². The maximum atomic E-state index is 14.9. The molecule has 0 spiro atoms. The van der Waals surface area contributed by atoms with Crippen LogP contribution >= 0.6 is 22.7 Å². The number of allylic oxidation sites excluding steroid dienone is 2. The molecule has 4 nitrogen and oxygen atoms in total. The molecule has 0 saturated heterocycles. The molecule has 2 N–H and O–H groups in total. The summed E-state index contributed by atoms with van der Waals surface area (Å²) in [5.74, 6) is -19.5. The van der Waals surface area contributed by atoms with Gasteiger partial charge in [0.05, 0.1) is 22.3 Å². The first-order chi connectivity index (χ1) is 14.0. The maximum absolute atomic E-state index is 14.9. The number of carbonyl (C=O) groups is 2. The van der Waals surface area contributed by atoms with Crippen molar-refractivity contribution in [1.29, 1.82) is 0 Å². The molecular formula is C19H14F6O4S2. The molecule has 0 aromatic carbocycles. The zero-order chi connectivity index (χ0) is 23.8. The number of hydrogen-bond acceptors (Lipinski definition) is 4. The summed E-state index contributed by atoms with van der Waals surface area (Å²) >= 11 is 0.790. The second-order valence-corrected chi connectivity index (χ2v) is 9.51. The van der Waals surface area contributed by atoms with E-state index in [2.05, 4.69) is 0 Å². The van der Waals surface area contributed by atoms with Gasteiger partial charge >= 0.3 is 29.7 Å². The number of thiophene rings is 2. The Kier molecular flexibility index (Phi) is 5.14. The first-order valence-corrected chi connectivity index (χ1v) is 10.2. The third kappa shape index (κ3) is 2.87. The average molecular weight is 484 g/mol. The van der Waals surface area contributed by atoms with Crippen molar-refractivity contribution < 1.29 is 46.1 Å². The Bertz CT molecular complexity index is 1080. The minimum Gasteiger partial charge on any atom is -0.478 e. The molecule has 2 aromatic heterocycles. The highest BCUT2D eigenvalue weighted by molar-refractivity contribution is 7.14. The summed E-state index contributed by atoms with van der Waals surface area (Å²) in [6, 6.07) is 0. The highest BCUT2D eigenvalue weighted by Gasteiger charge is 2.80.